The van der Waals surface area contributed by atoms with Crippen molar-refractivity contribution < 1.29 is 14.0 Å². The number of carbonyl (C=O) groups is 2. The van der Waals surface area contributed by atoms with Crippen LogP contribution >= 0.6 is 23.1 Å². The summed E-state index contributed by atoms with van der Waals surface area (Å²) in [5.41, 5.74) is 6.53. The first-order valence-corrected chi connectivity index (χ1v) is 9.50. The van der Waals surface area contributed by atoms with E-state index in [9.17, 15) is 14.0 Å². The maximum atomic E-state index is 13.2. The van der Waals surface area contributed by atoms with E-state index in [4.69, 9.17) is 5.73 Å². The molecule has 0 atom stereocenters. The number of hydrogen-bond donors (Lipinski definition) is 2. The first kappa shape index (κ1) is 18.1. The van der Waals surface area contributed by atoms with Gasteiger partial charge >= 0.3 is 0 Å². The Bertz CT molecular complexity index is 952. The number of aromatic nitrogens is 3. The number of thiazole rings is 1. The van der Waals surface area contributed by atoms with E-state index in [0.29, 0.717) is 21.7 Å². The van der Waals surface area contributed by atoms with Gasteiger partial charge in [0.25, 0.3) is 5.91 Å². The average molecular weight is 391 g/mol. The highest BCUT2D eigenvalue weighted by molar-refractivity contribution is 7.98. The number of nitrogens with two attached hydrogens (primary N) is 1. The molecule has 2 amide bonds. The van der Waals surface area contributed by atoms with Gasteiger partial charge in [0.1, 0.15) is 11.5 Å². The molecule has 7 nitrogen and oxygen atoms in total. The fourth-order valence-electron chi connectivity index (χ4n) is 2.26. The van der Waals surface area contributed by atoms with Crippen LogP contribution in [0.4, 0.5) is 9.52 Å². The second kappa shape index (κ2) is 7.67. The lowest BCUT2D eigenvalue weighted by molar-refractivity contribution is -0.117. The molecule has 3 aromatic rings. The van der Waals surface area contributed by atoms with Gasteiger partial charge in [0.15, 0.2) is 10.3 Å². The largest absolute Gasteiger partial charge is 0.369 e. The molecule has 1 aromatic carbocycles. The van der Waals surface area contributed by atoms with Gasteiger partial charge in [-0.25, -0.2) is 14.4 Å². The van der Waals surface area contributed by atoms with Crippen LogP contribution in [0.3, 0.4) is 0 Å². The van der Waals surface area contributed by atoms with Crippen LogP contribution in [0.1, 0.15) is 16.2 Å². The smallest absolute Gasteiger partial charge is 0.276 e. The van der Waals surface area contributed by atoms with E-state index in [1.54, 1.807) is 22.1 Å². The van der Waals surface area contributed by atoms with Crippen LogP contribution in [0.5, 0.6) is 0 Å². The lowest BCUT2D eigenvalue weighted by Crippen LogP contribution is -2.17. The summed E-state index contributed by atoms with van der Waals surface area (Å²) in [6, 6.07) is 5.78. The van der Waals surface area contributed by atoms with Crippen molar-refractivity contribution in [3.05, 3.63) is 53.0 Å². The molecule has 0 saturated carbocycles. The number of nitrogens with one attached hydrogen (secondary N) is 1. The minimum absolute atomic E-state index is 0.0104. The van der Waals surface area contributed by atoms with Crippen molar-refractivity contribution in [3.8, 4) is 5.69 Å². The molecule has 2 aromatic heterocycles. The summed E-state index contributed by atoms with van der Waals surface area (Å²) in [5, 5.41) is 5.28. The molecule has 0 unspecified atom stereocenters. The van der Waals surface area contributed by atoms with Gasteiger partial charge in [-0.05, 0) is 30.5 Å². The lowest BCUT2D eigenvalue weighted by atomic mass is 10.3. The summed E-state index contributed by atoms with van der Waals surface area (Å²) in [6.45, 7) is 0. The standard InChI is InChI=1S/C16H14FN5O2S2/c1-25-16-19-7-12(22(16)11-4-2-9(17)3-5-11)14(24)21-15-20-10(8-26-15)6-13(18)23/h2-5,7-8H,6H2,1H3,(H2,18,23)(H,20,21,24). The van der Waals surface area contributed by atoms with Crippen LogP contribution < -0.4 is 11.1 Å². The molecule has 0 aliphatic rings. The van der Waals surface area contributed by atoms with Crippen LogP contribution in [0.15, 0.2) is 41.0 Å². The summed E-state index contributed by atoms with van der Waals surface area (Å²) in [6.07, 6.45) is 3.29. The zero-order chi connectivity index (χ0) is 18.7. The maximum absolute atomic E-state index is 13.2. The maximum Gasteiger partial charge on any atom is 0.276 e. The van der Waals surface area contributed by atoms with Gasteiger partial charge in [-0.2, -0.15) is 0 Å². The fourth-order valence-corrected chi connectivity index (χ4v) is 3.51. The second-order valence-corrected chi connectivity index (χ2v) is 6.81. The molecule has 0 aliphatic carbocycles. The highest BCUT2D eigenvalue weighted by Crippen LogP contribution is 2.23. The highest BCUT2D eigenvalue weighted by Gasteiger charge is 2.19. The first-order valence-electron chi connectivity index (χ1n) is 7.39. The number of halogens is 1. The van der Waals surface area contributed by atoms with Gasteiger partial charge in [-0.1, -0.05) is 11.8 Å². The minimum Gasteiger partial charge on any atom is -0.369 e. The molecule has 0 aliphatic heterocycles. The predicted octanol–water partition coefficient (Wildman–Crippen LogP) is 2.47. The Kier molecular flexibility index (Phi) is 5.33. The number of anilines is 1. The Balaban J connectivity index is 1.88. The lowest BCUT2D eigenvalue weighted by Gasteiger charge is -2.10. The van der Waals surface area contributed by atoms with Gasteiger partial charge in [0, 0.05) is 11.1 Å². The van der Waals surface area contributed by atoms with E-state index in [2.05, 4.69) is 15.3 Å². The van der Waals surface area contributed by atoms with Crippen molar-refractivity contribution >= 4 is 40.0 Å². The summed E-state index contributed by atoms with van der Waals surface area (Å²) in [4.78, 5) is 32.0. The molecule has 0 fully saturated rings. The van der Waals surface area contributed by atoms with Crippen molar-refractivity contribution in [3.63, 3.8) is 0 Å². The third-order valence-electron chi connectivity index (χ3n) is 3.36. The monoisotopic (exact) mass is 391 g/mol. The number of amides is 2. The molecule has 3 rings (SSSR count). The Morgan fingerprint density at radius 2 is 2.08 bits per heavy atom. The number of primary amides is 1. The van der Waals surface area contributed by atoms with E-state index in [1.165, 1.54) is 41.4 Å². The number of nitrogens with zero attached hydrogens (tertiary/aromatic N) is 3. The number of imidazole rings is 1. The van der Waals surface area contributed by atoms with Gasteiger partial charge in [-0.15, -0.1) is 11.3 Å². The molecule has 3 N–H and O–H groups in total. The molecular formula is C16H14FN5O2S2. The zero-order valence-corrected chi connectivity index (χ0v) is 15.2. The number of benzene rings is 1. The zero-order valence-electron chi connectivity index (χ0n) is 13.6. The van der Waals surface area contributed by atoms with Crippen molar-refractivity contribution in [1.29, 1.82) is 0 Å². The Hall–Kier alpha value is -2.72. The van der Waals surface area contributed by atoms with Gasteiger partial charge in [0.2, 0.25) is 5.91 Å². The average Bonchev–Trinajstić information content (AvgIpc) is 3.21. The first-order chi connectivity index (χ1) is 12.5. The molecule has 0 radical (unpaired) electrons. The Labute approximate surface area is 156 Å². The quantitative estimate of drug-likeness (QED) is 0.629. The summed E-state index contributed by atoms with van der Waals surface area (Å²) in [5.74, 6) is -1.27. The molecule has 0 saturated heterocycles. The topological polar surface area (TPSA) is 103 Å². The van der Waals surface area contributed by atoms with E-state index in [0.717, 1.165) is 0 Å². The Morgan fingerprint density at radius 1 is 1.35 bits per heavy atom. The molecule has 0 spiro atoms. The van der Waals surface area contributed by atoms with Crippen LogP contribution in [-0.4, -0.2) is 32.6 Å². The number of hydrogen-bond acceptors (Lipinski definition) is 6. The summed E-state index contributed by atoms with van der Waals surface area (Å²) < 4.78 is 14.8. The summed E-state index contributed by atoms with van der Waals surface area (Å²) in [7, 11) is 0. The molecule has 2 heterocycles. The van der Waals surface area contributed by atoms with Crippen LogP contribution in [0.25, 0.3) is 5.69 Å². The predicted molar refractivity (Wildman–Crippen MR) is 98.3 cm³/mol. The summed E-state index contributed by atoms with van der Waals surface area (Å²) >= 11 is 2.56. The minimum atomic E-state index is -0.493. The van der Waals surface area contributed by atoms with Gasteiger partial charge < -0.3 is 5.73 Å². The van der Waals surface area contributed by atoms with Crippen molar-refractivity contribution in [2.24, 2.45) is 5.73 Å². The second-order valence-electron chi connectivity index (χ2n) is 5.18. The van der Waals surface area contributed by atoms with E-state index in [1.807, 2.05) is 6.26 Å². The van der Waals surface area contributed by atoms with Crippen LogP contribution in [-0.2, 0) is 11.2 Å². The Morgan fingerprint density at radius 3 is 2.73 bits per heavy atom. The van der Waals surface area contributed by atoms with E-state index in [-0.39, 0.29) is 17.9 Å². The number of thioether (sulfide) groups is 1. The number of carbonyl (C=O) groups excluding carboxylic acids is 2. The SMILES string of the molecule is CSc1ncc(C(=O)Nc2nc(CC(N)=O)cs2)n1-c1ccc(F)cc1. The molecular weight excluding hydrogens is 377 g/mol. The van der Waals surface area contributed by atoms with Crippen molar-refractivity contribution in [2.45, 2.75) is 11.6 Å². The van der Waals surface area contributed by atoms with Crippen LogP contribution in [0.2, 0.25) is 0 Å². The van der Waals surface area contributed by atoms with E-state index >= 15 is 0 Å². The molecule has 134 valence electrons. The van der Waals surface area contributed by atoms with Crippen molar-refractivity contribution in [1.82, 2.24) is 14.5 Å². The molecule has 0 bridgehead atoms. The fraction of sp³-hybridized carbons (Fsp3) is 0.125. The molecule has 26 heavy (non-hydrogen) atoms. The van der Waals surface area contributed by atoms with Crippen molar-refractivity contribution in [2.75, 3.05) is 11.6 Å². The normalized spacial score (nSPS) is 10.7. The van der Waals surface area contributed by atoms with Gasteiger partial charge in [-0.3, -0.25) is 19.5 Å². The number of rotatable bonds is 6. The highest BCUT2D eigenvalue weighted by atomic mass is 32.2. The third kappa shape index (κ3) is 3.92. The van der Waals surface area contributed by atoms with Gasteiger partial charge in [0.05, 0.1) is 18.3 Å². The van der Waals surface area contributed by atoms with E-state index < -0.39 is 11.8 Å². The van der Waals surface area contributed by atoms with Crippen LogP contribution in [0, 0.1) is 5.82 Å². The third-order valence-corrected chi connectivity index (χ3v) is 4.82. The molecule has 10 heteroatoms.